The summed E-state index contributed by atoms with van der Waals surface area (Å²) in [5, 5.41) is 22.5. The lowest BCUT2D eigenvalue weighted by Crippen LogP contribution is -2.09. The number of aromatic nitrogens is 3. The standard InChI is InChI=1S/C16H21N5O2/c22-21(23)14-9-7-13(8-10-14)17-11-4-6-16-19-18-15-5-2-1-3-12-20(15)16/h7-10,17H,1-6,11-12H2. The molecule has 0 fully saturated rings. The zero-order valence-electron chi connectivity index (χ0n) is 13.1. The van der Waals surface area contributed by atoms with Crippen LogP contribution in [0.4, 0.5) is 11.4 Å². The fourth-order valence-corrected chi connectivity index (χ4v) is 2.91. The summed E-state index contributed by atoms with van der Waals surface area (Å²) in [6.45, 7) is 1.84. The van der Waals surface area contributed by atoms with E-state index in [0.717, 1.165) is 49.7 Å². The van der Waals surface area contributed by atoms with Crippen molar-refractivity contribution in [2.45, 2.75) is 45.1 Å². The van der Waals surface area contributed by atoms with Gasteiger partial charge >= 0.3 is 0 Å². The van der Waals surface area contributed by atoms with Crippen molar-refractivity contribution in [1.82, 2.24) is 14.8 Å². The lowest BCUT2D eigenvalue weighted by molar-refractivity contribution is -0.384. The molecule has 1 aliphatic heterocycles. The Morgan fingerprint density at radius 2 is 2.00 bits per heavy atom. The van der Waals surface area contributed by atoms with Crippen molar-refractivity contribution in [3.63, 3.8) is 0 Å². The van der Waals surface area contributed by atoms with Crippen molar-refractivity contribution in [2.75, 3.05) is 11.9 Å². The Morgan fingerprint density at radius 3 is 2.78 bits per heavy atom. The minimum atomic E-state index is -0.388. The second-order valence-electron chi connectivity index (χ2n) is 5.83. The van der Waals surface area contributed by atoms with E-state index in [1.54, 1.807) is 12.1 Å². The molecule has 7 heteroatoms. The first-order valence-corrected chi connectivity index (χ1v) is 8.13. The van der Waals surface area contributed by atoms with Gasteiger partial charge in [0.2, 0.25) is 0 Å². The van der Waals surface area contributed by atoms with Crippen molar-refractivity contribution in [2.24, 2.45) is 0 Å². The highest BCUT2D eigenvalue weighted by molar-refractivity contribution is 5.48. The molecular formula is C16H21N5O2. The molecule has 7 nitrogen and oxygen atoms in total. The maximum atomic E-state index is 10.6. The van der Waals surface area contributed by atoms with E-state index in [1.165, 1.54) is 31.4 Å². The van der Waals surface area contributed by atoms with Gasteiger partial charge in [0.15, 0.2) is 0 Å². The second kappa shape index (κ2) is 7.21. The predicted octanol–water partition coefficient (Wildman–Crippen LogP) is 2.96. The van der Waals surface area contributed by atoms with Gasteiger partial charge in [-0.05, 0) is 31.4 Å². The second-order valence-corrected chi connectivity index (χ2v) is 5.83. The van der Waals surface area contributed by atoms with Gasteiger partial charge in [-0.25, -0.2) is 0 Å². The Morgan fingerprint density at radius 1 is 1.17 bits per heavy atom. The number of anilines is 1. The van der Waals surface area contributed by atoms with Gasteiger partial charge in [0.25, 0.3) is 5.69 Å². The van der Waals surface area contributed by atoms with E-state index < -0.39 is 0 Å². The molecule has 1 N–H and O–H groups in total. The van der Waals surface area contributed by atoms with Crippen LogP contribution in [0.25, 0.3) is 0 Å². The topological polar surface area (TPSA) is 85.9 Å². The average Bonchev–Trinajstić information content (AvgIpc) is 2.79. The number of hydrogen-bond acceptors (Lipinski definition) is 5. The molecule has 122 valence electrons. The molecule has 1 aromatic carbocycles. The first kappa shape index (κ1) is 15.5. The van der Waals surface area contributed by atoms with Crippen molar-refractivity contribution in [1.29, 1.82) is 0 Å². The highest BCUT2D eigenvalue weighted by Crippen LogP contribution is 2.17. The number of rotatable bonds is 6. The van der Waals surface area contributed by atoms with Crippen LogP contribution in [-0.4, -0.2) is 26.2 Å². The highest BCUT2D eigenvalue weighted by atomic mass is 16.6. The van der Waals surface area contributed by atoms with Crippen LogP contribution in [0.15, 0.2) is 24.3 Å². The Kier molecular flexibility index (Phi) is 4.85. The van der Waals surface area contributed by atoms with Crippen molar-refractivity contribution >= 4 is 11.4 Å². The summed E-state index contributed by atoms with van der Waals surface area (Å²) in [7, 11) is 0. The monoisotopic (exact) mass is 315 g/mol. The molecule has 2 heterocycles. The molecule has 0 atom stereocenters. The molecule has 0 saturated heterocycles. The summed E-state index contributed by atoms with van der Waals surface area (Å²) in [5.41, 5.74) is 1.01. The van der Waals surface area contributed by atoms with E-state index in [9.17, 15) is 10.1 Å². The van der Waals surface area contributed by atoms with Crippen molar-refractivity contribution < 1.29 is 4.92 Å². The lowest BCUT2D eigenvalue weighted by atomic mass is 10.2. The molecule has 23 heavy (non-hydrogen) atoms. The first-order valence-electron chi connectivity index (χ1n) is 8.13. The number of nitro groups is 1. The summed E-state index contributed by atoms with van der Waals surface area (Å²) < 4.78 is 2.28. The van der Waals surface area contributed by atoms with E-state index in [1.807, 2.05) is 0 Å². The molecule has 0 bridgehead atoms. The van der Waals surface area contributed by atoms with Gasteiger partial charge in [-0.1, -0.05) is 6.42 Å². The van der Waals surface area contributed by atoms with Crippen LogP contribution in [0.1, 0.15) is 37.3 Å². The first-order chi connectivity index (χ1) is 11.2. The van der Waals surface area contributed by atoms with E-state index >= 15 is 0 Å². The Labute approximate surface area is 134 Å². The molecule has 1 aliphatic rings. The molecule has 3 rings (SSSR count). The number of non-ortho nitro benzene ring substituents is 1. The SMILES string of the molecule is O=[N+]([O-])c1ccc(NCCCc2nnc3n2CCCCC3)cc1. The summed E-state index contributed by atoms with van der Waals surface area (Å²) in [6.07, 6.45) is 6.57. The molecule has 1 aromatic heterocycles. The summed E-state index contributed by atoms with van der Waals surface area (Å²) in [4.78, 5) is 10.2. The van der Waals surface area contributed by atoms with Gasteiger partial charge in [0, 0.05) is 43.8 Å². The van der Waals surface area contributed by atoms with Crippen LogP contribution >= 0.6 is 0 Å². The molecular weight excluding hydrogens is 294 g/mol. The highest BCUT2D eigenvalue weighted by Gasteiger charge is 2.14. The summed E-state index contributed by atoms with van der Waals surface area (Å²) in [6, 6.07) is 6.50. The molecule has 0 unspecified atom stereocenters. The normalized spacial score (nSPS) is 14.1. The van der Waals surface area contributed by atoms with Gasteiger partial charge in [0.1, 0.15) is 11.6 Å². The van der Waals surface area contributed by atoms with Crippen LogP contribution in [0, 0.1) is 10.1 Å². The number of nitro benzene ring substituents is 1. The van der Waals surface area contributed by atoms with Crippen LogP contribution in [0.3, 0.4) is 0 Å². The van der Waals surface area contributed by atoms with Crippen LogP contribution < -0.4 is 5.32 Å². The molecule has 0 aliphatic carbocycles. The minimum absolute atomic E-state index is 0.113. The van der Waals surface area contributed by atoms with Gasteiger partial charge in [-0.15, -0.1) is 10.2 Å². The zero-order valence-corrected chi connectivity index (χ0v) is 13.1. The largest absolute Gasteiger partial charge is 0.385 e. The van der Waals surface area contributed by atoms with E-state index in [-0.39, 0.29) is 10.6 Å². The van der Waals surface area contributed by atoms with Crippen molar-refractivity contribution in [3.8, 4) is 0 Å². The zero-order chi connectivity index (χ0) is 16.1. The number of nitrogens with zero attached hydrogens (tertiary/aromatic N) is 4. The van der Waals surface area contributed by atoms with E-state index in [2.05, 4.69) is 20.1 Å². The Hall–Kier alpha value is -2.44. The average molecular weight is 315 g/mol. The predicted molar refractivity (Wildman–Crippen MR) is 87.5 cm³/mol. The third kappa shape index (κ3) is 3.85. The number of aryl methyl sites for hydroxylation is 2. The number of nitrogens with one attached hydrogen (secondary N) is 1. The minimum Gasteiger partial charge on any atom is -0.385 e. The van der Waals surface area contributed by atoms with Crippen LogP contribution in [-0.2, 0) is 19.4 Å². The van der Waals surface area contributed by atoms with E-state index in [4.69, 9.17) is 0 Å². The lowest BCUT2D eigenvalue weighted by Gasteiger charge is -2.08. The molecule has 0 radical (unpaired) electrons. The quantitative estimate of drug-likeness (QED) is 0.503. The fourth-order valence-electron chi connectivity index (χ4n) is 2.91. The van der Waals surface area contributed by atoms with Crippen LogP contribution in [0.5, 0.6) is 0 Å². The molecule has 0 spiro atoms. The third-order valence-corrected chi connectivity index (χ3v) is 4.17. The Balaban J connectivity index is 1.48. The number of benzene rings is 1. The Bertz CT molecular complexity index is 666. The van der Waals surface area contributed by atoms with Crippen LogP contribution in [0.2, 0.25) is 0 Å². The van der Waals surface area contributed by atoms with Gasteiger partial charge in [0.05, 0.1) is 4.92 Å². The number of hydrogen-bond donors (Lipinski definition) is 1. The maximum Gasteiger partial charge on any atom is 0.269 e. The molecule has 0 amide bonds. The maximum absolute atomic E-state index is 10.6. The number of fused-ring (bicyclic) bond motifs is 1. The summed E-state index contributed by atoms with van der Waals surface area (Å²) >= 11 is 0. The molecule has 0 saturated carbocycles. The van der Waals surface area contributed by atoms with Gasteiger partial charge < -0.3 is 9.88 Å². The van der Waals surface area contributed by atoms with E-state index in [0.29, 0.717) is 0 Å². The summed E-state index contributed by atoms with van der Waals surface area (Å²) in [5.74, 6) is 2.20. The third-order valence-electron chi connectivity index (χ3n) is 4.17. The smallest absolute Gasteiger partial charge is 0.269 e. The molecule has 2 aromatic rings. The van der Waals surface area contributed by atoms with Gasteiger partial charge in [-0.3, -0.25) is 10.1 Å². The van der Waals surface area contributed by atoms with Crippen molar-refractivity contribution in [3.05, 3.63) is 46.0 Å². The van der Waals surface area contributed by atoms with Gasteiger partial charge in [-0.2, -0.15) is 0 Å². The fraction of sp³-hybridized carbons (Fsp3) is 0.500.